The summed E-state index contributed by atoms with van der Waals surface area (Å²) in [5.74, 6) is 0.270. The van der Waals surface area contributed by atoms with E-state index in [1.54, 1.807) is 0 Å². The van der Waals surface area contributed by atoms with Crippen molar-refractivity contribution in [3.05, 3.63) is 59.4 Å². The van der Waals surface area contributed by atoms with E-state index in [0.29, 0.717) is 13.0 Å². The van der Waals surface area contributed by atoms with Crippen LogP contribution in [0.4, 0.5) is 0 Å². The lowest BCUT2D eigenvalue weighted by Crippen LogP contribution is -2.36. The zero-order valence-corrected chi connectivity index (χ0v) is 16.2. The summed E-state index contributed by atoms with van der Waals surface area (Å²) in [6.45, 7) is 10.0. The van der Waals surface area contributed by atoms with Crippen LogP contribution in [0.5, 0.6) is 0 Å². The van der Waals surface area contributed by atoms with Crippen molar-refractivity contribution in [1.82, 2.24) is 9.47 Å². The minimum absolute atomic E-state index is 0.219. The molecule has 3 heteroatoms. The van der Waals surface area contributed by atoms with Crippen LogP contribution in [0.3, 0.4) is 0 Å². The van der Waals surface area contributed by atoms with Gasteiger partial charge >= 0.3 is 0 Å². The van der Waals surface area contributed by atoms with Gasteiger partial charge in [-0.1, -0.05) is 49.6 Å². The fraction of sp³-hybridized carbons (Fsp3) is 0.500. The third-order valence-electron chi connectivity index (χ3n) is 4.63. The Labute approximate surface area is 152 Å². The molecule has 1 heterocycles. The van der Waals surface area contributed by atoms with Gasteiger partial charge in [-0.3, -0.25) is 4.79 Å². The Balaban J connectivity index is 2.07. The third kappa shape index (κ3) is 5.77. The molecule has 0 spiro atoms. The van der Waals surface area contributed by atoms with E-state index in [1.807, 2.05) is 4.90 Å². The number of aromatic nitrogens is 1. The molecule has 2 aromatic rings. The van der Waals surface area contributed by atoms with Gasteiger partial charge in [-0.25, -0.2) is 0 Å². The van der Waals surface area contributed by atoms with Crippen LogP contribution in [0.25, 0.3) is 0 Å². The summed E-state index contributed by atoms with van der Waals surface area (Å²) in [6, 6.07) is 13.0. The molecule has 0 radical (unpaired) electrons. The summed E-state index contributed by atoms with van der Waals surface area (Å²) in [7, 11) is 0. The number of benzene rings is 1. The molecule has 0 fully saturated rings. The van der Waals surface area contributed by atoms with Gasteiger partial charge < -0.3 is 9.47 Å². The van der Waals surface area contributed by atoms with Crippen LogP contribution in [-0.2, 0) is 17.9 Å². The number of unbranched alkanes of at least 4 members (excludes halogenated alkanes) is 2. The second kappa shape index (κ2) is 9.45. The molecule has 2 rings (SSSR count). The zero-order chi connectivity index (χ0) is 18.2. The van der Waals surface area contributed by atoms with Gasteiger partial charge in [0.2, 0.25) is 5.91 Å². The smallest absolute Gasteiger partial charge is 0.223 e. The lowest BCUT2D eigenvalue weighted by molar-refractivity contribution is -0.133. The number of carbonyl (C=O) groups is 1. The quantitative estimate of drug-likeness (QED) is 0.579. The largest absolute Gasteiger partial charge is 0.345 e. The molecule has 25 heavy (non-hydrogen) atoms. The standard InChI is InChI=1S/C22H32N2O/c1-5-6-7-13-22(25)24(18(2)3)17-21-12-9-14-23(21)16-20-11-8-10-19(4)15-20/h8-12,14-15,18H,5-7,13,16-17H2,1-4H3. The maximum atomic E-state index is 12.6. The molecule has 0 saturated carbocycles. The highest BCUT2D eigenvalue weighted by atomic mass is 16.2. The molecule has 0 aliphatic heterocycles. The Morgan fingerprint density at radius 2 is 1.96 bits per heavy atom. The SMILES string of the molecule is CCCCCC(=O)N(Cc1cccn1Cc1cccc(C)c1)C(C)C. The number of hydrogen-bond acceptors (Lipinski definition) is 1. The van der Waals surface area contributed by atoms with Crippen LogP contribution in [0.1, 0.15) is 63.3 Å². The van der Waals surface area contributed by atoms with E-state index in [1.165, 1.54) is 16.8 Å². The Kier molecular flexibility index (Phi) is 7.30. The Morgan fingerprint density at radius 1 is 1.16 bits per heavy atom. The van der Waals surface area contributed by atoms with Gasteiger partial charge in [-0.15, -0.1) is 0 Å². The minimum atomic E-state index is 0.219. The first-order chi connectivity index (χ1) is 12.0. The summed E-state index contributed by atoms with van der Waals surface area (Å²) < 4.78 is 2.25. The molecule has 0 unspecified atom stereocenters. The molecule has 0 N–H and O–H groups in total. The maximum absolute atomic E-state index is 12.6. The Morgan fingerprint density at radius 3 is 2.64 bits per heavy atom. The fourth-order valence-electron chi connectivity index (χ4n) is 3.16. The Hall–Kier alpha value is -2.03. The van der Waals surface area contributed by atoms with Crippen LogP contribution >= 0.6 is 0 Å². The normalized spacial score (nSPS) is 11.1. The van der Waals surface area contributed by atoms with E-state index in [9.17, 15) is 4.79 Å². The topological polar surface area (TPSA) is 25.2 Å². The predicted octanol–water partition coefficient (Wildman–Crippen LogP) is 5.16. The van der Waals surface area contributed by atoms with Crippen molar-refractivity contribution in [3.8, 4) is 0 Å². The highest BCUT2D eigenvalue weighted by Crippen LogP contribution is 2.15. The molecular formula is C22H32N2O. The van der Waals surface area contributed by atoms with Gasteiger partial charge in [0.1, 0.15) is 0 Å². The minimum Gasteiger partial charge on any atom is -0.345 e. The Bertz CT molecular complexity index is 672. The number of rotatable bonds is 9. The summed E-state index contributed by atoms with van der Waals surface area (Å²) >= 11 is 0. The van der Waals surface area contributed by atoms with Crippen molar-refractivity contribution < 1.29 is 4.79 Å². The van der Waals surface area contributed by atoms with Crippen LogP contribution in [0.2, 0.25) is 0 Å². The molecule has 0 aliphatic rings. The molecule has 0 aliphatic carbocycles. The third-order valence-corrected chi connectivity index (χ3v) is 4.63. The van der Waals surface area contributed by atoms with Crippen molar-refractivity contribution >= 4 is 5.91 Å². The summed E-state index contributed by atoms with van der Waals surface area (Å²) in [6.07, 6.45) is 6.03. The van der Waals surface area contributed by atoms with Gasteiger partial charge in [-0.2, -0.15) is 0 Å². The number of carbonyl (C=O) groups excluding carboxylic acids is 1. The molecule has 0 saturated heterocycles. The van der Waals surface area contributed by atoms with E-state index < -0.39 is 0 Å². The number of hydrogen-bond donors (Lipinski definition) is 0. The van der Waals surface area contributed by atoms with E-state index in [4.69, 9.17) is 0 Å². The highest BCUT2D eigenvalue weighted by Gasteiger charge is 2.18. The van der Waals surface area contributed by atoms with Gasteiger partial charge in [0, 0.05) is 30.9 Å². The molecule has 0 bridgehead atoms. The first-order valence-electron chi connectivity index (χ1n) is 9.50. The molecule has 1 amide bonds. The maximum Gasteiger partial charge on any atom is 0.223 e. The van der Waals surface area contributed by atoms with Crippen molar-refractivity contribution in [2.75, 3.05) is 0 Å². The van der Waals surface area contributed by atoms with Crippen molar-refractivity contribution in [3.63, 3.8) is 0 Å². The molecule has 1 aromatic heterocycles. The summed E-state index contributed by atoms with van der Waals surface area (Å²) in [5.41, 5.74) is 3.77. The van der Waals surface area contributed by atoms with Crippen molar-refractivity contribution in [2.24, 2.45) is 0 Å². The van der Waals surface area contributed by atoms with Crippen LogP contribution < -0.4 is 0 Å². The molecule has 3 nitrogen and oxygen atoms in total. The average Bonchev–Trinajstić information content (AvgIpc) is 2.99. The number of nitrogens with zero attached hydrogens (tertiary/aromatic N) is 2. The van der Waals surface area contributed by atoms with E-state index in [-0.39, 0.29) is 11.9 Å². The first kappa shape index (κ1) is 19.3. The molecular weight excluding hydrogens is 308 g/mol. The lowest BCUT2D eigenvalue weighted by atomic mass is 10.1. The summed E-state index contributed by atoms with van der Waals surface area (Å²) in [4.78, 5) is 14.6. The fourth-order valence-corrected chi connectivity index (χ4v) is 3.16. The molecule has 136 valence electrons. The van der Waals surface area contributed by atoms with Crippen LogP contribution in [0, 0.1) is 6.92 Å². The lowest BCUT2D eigenvalue weighted by Gasteiger charge is -2.27. The number of aryl methyl sites for hydroxylation is 1. The van der Waals surface area contributed by atoms with Gasteiger partial charge in [-0.05, 0) is 44.9 Å². The van der Waals surface area contributed by atoms with Gasteiger partial charge in [0.05, 0.1) is 6.54 Å². The second-order valence-electron chi connectivity index (χ2n) is 7.19. The van der Waals surface area contributed by atoms with Crippen LogP contribution in [0.15, 0.2) is 42.6 Å². The predicted molar refractivity (Wildman–Crippen MR) is 105 cm³/mol. The van der Waals surface area contributed by atoms with E-state index in [2.05, 4.69) is 74.9 Å². The second-order valence-corrected chi connectivity index (χ2v) is 7.19. The van der Waals surface area contributed by atoms with E-state index >= 15 is 0 Å². The monoisotopic (exact) mass is 340 g/mol. The van der Waals surface area contributed by atoms with E-state index in [0.717, 1.165) is 25.8 Å². The zero-order valence-electron chi connectivity index (χ0n) is 16.2. The van der Waals surface area contributed by atoms with Crippen LogP contribution in [-0.4, -0.2) is 21.4 Å². The van der Waals surface area contributed by atoms with Gasteiger partial charge in [0.25, 0.3) is 0 Å². The van der Waals surface area contributed by atoms with Crippen molar-refractivity contribution in [1.29, 1.82) is 0 Å². The highest BCUT2D eigenvalue weighted by molar-refractivity contribution is 5.76. The average molecular weight is 341 g/mol. The summed E-state index contributed by atoms with van der Waals surface area (Å²) in [5, 5.41) is 0. The molecule has 1 aromatic carbocycles. The van der Waals surface area contributed by atoms with Crippen molar-refractivity contribution in [2.45, 2.75) is 72.5 Å². The first-order valence-corrected chi connectivity index (χ1v) is 9.50. The van der Waals surface area contributed by atoms with Gasteiger partial charge in [0.15, 0.2) is 0 Å². The molecule has 0 atom stereocenters. The number of amides is 1.